The maximum atomic E-state index is 11.3. The summed E-state index contributed by atoms with van der Waals surface area (Å²) in [5.74, 6) is 1.57. The Labute approximate surface area is 174 Å². The fraction of sp³-hybridized carbons (Fsp3) is 0.312. The van der Waals surface area contributed by atoms with Crippen LogP contribution in [0.4, 0.5) is 0 Å². The summed E-state index contributed by atoms with van der Waals surface area (Å²) in [5.41, 5.74) is 1.21. The maximum absolute atomic E-state index is 11.3. The average molecular weight is 508 g/mol. The highest BCUT2D eigenvalue weighted by molar-refractivity contribution is 14.0. The molecule has 7 nitrogen and oxygen atoms in total. The third kappa shape index (κ3) is 5.32. The van der Waals surface area contributed by atoms with E-state index in [0.717, 1.165) is 28.4 Å². The van der Waals surface area contributed by atoms with Crippen LogP contribution in [0.1, 0.15) is 10.4 Å². The van der Waals surface area contributed by atoms with Crippen LogP contribution < -0.4 is 20.5 Å². The summed E-state index contributed by atoms with van der Waals surface area (Å²) in [6.45, 7) is 1.09. The third-order valence-corrected chi connectivity index (χ3v) is 6.31. The fourth-order valence-corrected chi connectivity index (χ4v) is 4.29. The van der Waals surface area contributed by atoms with Crippen molar-refractivity contribution in [2.45, 2.75) is 23.3 Å². The topological polar surface area (TPSA) is 106 Å². The van der Waals surface area contributed by atoms with E-state index in [2.05, 4.69) is 21.7 Å². The van der Waals surface area contributed by atoms with E-state index in [1.165, 1.54) is 11.6 Å². The molecular formula is C16H21IN4O3S2. The Morgan fingerprint density at radius 3 is 2.73 bits per heavy atom. The lowest BCUT2D eigenvalue weighted by atomic mass is 10.1. The summed E-state index contributed by atoms with van der Waals surface area (Å²) in [6, 6.07) is 11.3. The van der Waals surface area contributed by atoms with Crippen molar-refractivity contribution in [3.63, 3.8) is 0 Å². The molecule has 0 spiro atoms. The van der Waals surface area contributed by atoms with Gasteiger partial charge in [0.05, 0.1) is 13.1 Å². The Morgan fingerprint density at radius 2 is 2.08 bits per heavy atom. The van der Waals surface area contributed by atoms with E-state index in [-0.39, 0.29) is 34.3 Å². The number of thiophene rings is 1. The molecule has 0 amide bonds. The van der Waals surface area contributed by atoms with Crippen LogP contribution in [0.15, 0.2) is 45.6 Å². The number of benzene rings is 1. The standard InChI is InChI=1S/C16H20N4O3S2.HI/c1-18-16(20-10-13-6-7-15(24-13)25(17,21)22)19-9-12-8-11-4-2-3-5-14(11)23-12;/h2-7,12H,8-10H2,1H3,(H2,17,21,22)(H2,18,19,20);1H. The fourth-order valence-electron chi connectivity index (χ4n) is 2.58. The molecule has 0 radical (unpaired) electrons. The monoisotopic (exact) mass is 508 g/mol. The zero-order chi connectivity index (χ0) is 17.9. The van der Waals surface area contributed by atoms with Crippen molar-refractivity contribution in [1.82, 2.24) is 10.6 Å². The van der Waals surface area contributed by atoms with Crippen molar-refractivity contribution < 1.29 is 13.2 Å². The number of fused-ring (bicyclic) bond motifs is 1. The molecule has 1 aromatic heterocycles. The van der Waals surface area contributed by atoms with Gasteiger partial charge in [-0.25, -0.2) is 13.6 Å². The molecule has 26 heavy (non-hydrogen) atoms. The van der Waals surface area contributed by atoms with Crippen molar-refractivity contribution in [2.75, 3.05) is 13.6 Å². The average Bonchev–Trinajstić information content (AvgIpc) is 3.21. The number of sulfonamides is 1. The Bertz CT molecular complexity index is 858. The minimum Gasteiger partial charge on any atom is -0.488 e. The number of para-hydroxylation sites is 1. The second-order valence-electron chi connectivity index (χ2n) is 5.62. The van der Waals surface area contributed by atoms with Crippen LogP contribution >= 0.6 is 35.3 Å². The Balaban J connectivity index is 0.00000243. The number of halogens is 1. The minimum atomic E-state index is -3.65. The molecule has 1 atom stereocenters. The van der Waals surface area contributed by atoms with Gasteiger partial charge in [0.2, 0.25) is 10.0 Å². The van der Waals surface area contributed by atoms with Gasteiger partial charge in [-0.15, -0.1) is 35.3 Å². The SMILES string of the molecule is CN=C(NCc1ccc(S(N)(=O)=O)s1)NCC1Cc2ccccc2O1.I. The van der Waals surface area contributed by atoms with Crippen molar-refractivity contribution >= 4 is 51.3 Å². The summed E-state index contributed by atoms with van der Waals surface area (Å²) in [5, 5.41) is 11.5. The lowest BCUT2D eigenvalue weighted by Crippen LogP contribution is -2.41. The van der Waals surface area contributed by atoms with Gasteiger partial charge in [-0.2, -0.15) is 0 Å². The molecule has 0 saturated carbocycles. The zero-order valence-electron chi connectivity index (χ0n) is 14.1. The van der Waals surface area contributed by atoms with E-state index in [1.54, 1.807) is 13.1 Å². The van der Waals surface area contributed by atoms with Crippen molar-refractivity contribution in [2.24, 2.45) is 10.1 Å². The second kappa shape index (κ2) is 9.02. The maximum Gasteiger partial charge on any atom is 0.247 e. The molecule has 1 aliphatic rings. The quantitative estimate of drug-likeness (QED) is 0.324. The van der Waals surface area contributed by atoms with Crippen LogP contribution in [-0.2, 0) is 23.0 Å². The Kier molecular flexibility index (Phi) is 7.26. The number of guanidine groups is 1. The van der Waals surface area contributed by atoms with Gasteiger partial charge >= 0.3 is 0 Å². The molecule has 1 aliphatic heterocycles. The molecule has 1 aromatic carbocycles. The third-order valence-electron chi connectivity index (χ3n) is 3.78. The zero-order valence-corrected chi connectivity index (χ0v) is 18.1. The Hall–Kier alpha value is -1.37. The largest absolute Gasteiger partial charge is 0.488 e. The van der Waals surface area contributed by atoms with E-state index < -0.39 is 10.0 Å². The number of nitrogens with zero attached hydrogens (tertiary/aromatic N) is 1. The predicted octanol–water partition coefficient (Wildman–Crippen LogP) is 1.68. The first kappa shape index (κ1) is 20.9. The molecule has 4 N–H and O–H groups in total. The number of primary sulfonamides is 1. The molecule has 0 saturated heterocycles. The molecule has 0 aliphatic carbocycles. The van der Waals surface area contributed by atoms with E-state index in [4.69, 9.17) is 9.88 Å². The van der Waals surface area contributed by atoms with E-state index >= 15 is 0 Å². The van der Waals surface area contributed by atoms with E-state index in [0.29, 0.717) is 19.0 Å². The normalized spacial score (nSPS) is 16.4. The van der Waals surface area contributed by atoms with Gasteiger partial charge in [0, 0.05) is 18.3 Å². The lowest BCUT2D eigenvalue weighted by Gasteiger charge is -2.15. The second-order valence-corrected chi connectivity index (χ2v) is 8.58. The van der Waals surface area contributed by atoms with Gasteiger partial charge in [-0.05, 0) is 23.8 Å². The molecule has 0 fully saturated rings. The summed E-state index contributed by atoms with van der Waals surface area (Å²) >= 11 is 1.14. The predicted molar refractivity (Wildman–Crippen MR) is 114 cm³/mol. The highest BCUT2D eigenvalue weighted by Gasteiger charge is 2.22. The van der Waals surface area contributed by atoms with E-state index in [1.807, 2.05) is 18.2 Å². The molecule has 2 heterocycles. The number of ether oxygens (including phenoxy) is 1. The summed E-state index contributed by atoms with van der Waals surface area (Å²) in [6.07, 6.45) is 0.926. The number of hydrogen-bond acceptors (Lipinski definition) is 5. The van der Waals surface area contributed by atoms with Crippen LogP contribution in [0, 0.1) is 0 Å². The van der Waals surface area contributed by atoms with Gasteiger partial charge in [0.15, 0.2) is 5.96 Å². The molecule has 10 heteroatoms. The number of hydrogen-bond donors (Lipinski definition) is 3. The molecular weight excluding hydrogens is 487 g/mol. The van der Waals surface area contributed by atoms with Gasteiger partial charge in [-0.1, -0.05) is 18.2 Å². The first-order valence-corrected chi connectivity index (χ1v) is 10.1. The van der Waals surface area contributed by atoms with Crippen molar-refractivity contribution in [3.8, 4) is 5.75 Å². The highest BCUT2D eigenvalue weighted by Crippen LogP contribution is 2.27. The van der Waals surface area contributed by atoms with Gasteiger partial charge in [-0.3, -0.25) is 4.99 Å². The summed E-state index contributed by atoms with van der Waals surface area (Å²) in [4.78, 5) is 5.03. The van der Waals surface area contributed by atoms with Crippen LogP contribution in [-0.4, -0.2) is 34.1 Å². The molecule has 142 valence electrons. The van der Waals surface area contributed by atoms with Gasteiger partial charge in [0.25, 0.3) is 0 Å². The summed E-state index contributed by atoms with van der Waals surface area (Å²) < 4.78 is 28.6. The smallest absolute Gasteiger partial charge is 0.247 e. The first-order chi connectivity index (χ1) is 12.0. The molecule has 1 unspecified atom stereocenters. The Morgan fingerprint density at radius 1 is 1.31 bits per heavy atom. The number of nitrogens with two attached hydrogens (primary N) is 1. The number of nitrogens with one attached hydrogen (secondary N) is 2. The highest BCUT2D eigenvalue weighted by atomic mass is 127. The van der Waals surface area contributed by atoms with Crippen LogP contribution in [0.3, 0.4) is 0 Å². The van der Waals surface area contributed by atoms with Gasteiger partial charge < -0.3 is 15.4 Å². The summed E-state index contributed by atoms with van der Waals surface area (Å²) in [7, 11) is -1.96. The van der Waals surface area contributed by atoms with E-state index in [9.17, 15) is 8.42 Å². The van der Waals surface area contributed by atoms with Crippen LogP contribution in [0.5, 0.6) is 5.75 Å². The lowest BCUT2D eigenvalue weighted by molar-refractivity contribution is 0.235. The van der Waals surface area contributed by atoms with Crippen LogP contribution in [0.2, 0.25) is 0 Å². The first-order valence-electron chi connectivity index (χ1n) is 7.76. The molecule has 0 bridgehead atoms. The van der Waals surface area contributed by atoms with Crippen molar-refractivity contribution in [1.29, 1.82) is 0 Å². The molecule has 3 rings (SSSR count). The van der Waals surface area contributed by atoms with Gasteiger partial charge in [0.1, 0.15) is 16.1 Å². The van der Waals surface area contributed by atoms with Crippen LogP contribution in [0.25, 0.3) is 0 Å². The van der Waals surface area contributed by atoms with Crippen molar-refractivity contribution in [3.05, 3.63) is 46.8 Å². The number of rotatable bonds is 5. The minimum absolute atomic E-state index is 0. The molecule has 2 aromatic rings. The number of aliphatic imine (C=N–C) groups is 1.